The molecule has 0 radical (unpaired) electrons. The molecule has 0 aromatic heterocycles. The molecular weight excluding hydrogens is 227 g/mol. The Kier molecular flexibility index (Phi) is 4.38. The van der Waals surface area contributed by atoms with Gasteiger partial charge in [0.25, 0.3) is 0 Å². The summed E-state index contributed by atoms with van der Waals surface area (Å²) >= 11 is 5.57. The van der Waals surface area contributed by atoms with Crippen molar-refractivity contribution in [2.24, 2.45) is 0 Å². The molecule has 1 N–H and O–H groups in total. The maximum absolute atomic E-state index is 12.1. The van der Waals surface area contributed by atoms with Crippen molar-refractivity contribution in [1.82, 2.24) is 9.76 Å². The molecule has 1 amide bonds. The smallest absolute Gasteiger partial charge is 0.302 e. The molecule has 0 aromatic carbocycles. The topological polar surface area (TPSA) is 58.6 Å². The van der Waals surface area contributed by atoms with E-state index >= 15 is 0 Å². The number of nitrogens with zero attached hydrogens (tertiary/aromatic N) is 1. The summed E-state index contributed by atoms with van der Waals surface area (Å²) in [5, 5.41) is 2.35. The summed E-state index contributed by atoms with van der Waals surface area (Å²) in [7, 11) is -3.15. The highest BCUT2D eigenvalue weighted by Gasteiger charge is 2.35. The van der Waals surface area contributed by atoms with Gasteiger partial charge in [-0.15, -0.1) is 11.6 Å². The zero-order chi connectivity index (χ0) is 10.6. The van der Waals surface area contributed by atoms with Crippen LogP contribution in [0.25, 0.3) is 0 Å². The summed E-state index contributed by atoms with van der Waals surface area (Å²) < 4.78 is 18.8. The van der Waals surface area contributed by atoms with E-state index in [0.717, 1.165) is 6.42 Å². The minimum Gasteiger partial charge on any atom is -0.302 e. The summed E-state index contributed by atoms with van der Waals surface area (Å²) in [5.41, 5.74) is 0. The number of hydrogen-bond donors (Lipinski definition) is 1. The third kappa shape index (κ3) is 2.95. The van der Waals surface area contributed by atoms with E-state index < -0.39 is 7.67 Å². The van der Waals surface area contributed by atoms with Gasteiger partial charge >= 0.3 is 7.67 Å². The second-order valence-electron chi connectivity index (χ2n) is 3.02. The lowest BCUT2D eigenvalue weighted by Crippen LogP contribution is -2.37. The summed E-state index contributed by atoms with van der Waals surface area (Å²) in [6, 6.07) is 0. The van der Waals surface area contributed by atoms with E-state index in [-0.39, 0.29) is 5.91 Å². The first kappa shape index (κ1) is 12.0. The van der Waals surface area contributed by atoms with E-state index in [1.807, 2.05) is 0 Å². The van der Waals surface area contributed by atoms with Gasteiger partial charge in [-0.1, -0.05) is 0 Å². The van der Waals surface area contributed by atoms with Crippen LogP contribution in [0.1, 0.15) is 13.3 Å². The van der Waals surface area contributed by atoms with Crippen molar-refractivity contribution in [2.75, 3.05) is 25.6 Å². The lowest BCUT2D eigenvalue weighted by atomic mass is 10.4. The summed E-state index contributed by atoms with van der Waals surface area (Å²) in [4.78, 5) is 10.8. The number of halogens is 1. The van der Waals surface area contributed by atoms with Crippen molar-refractivity contribution in [2.45, 2.75) is 13.3 Å². The first-order valence-corrected chi connectivity index (χ1v) is 6.54. The van der Waals surface area contributed by atoms with Crippen LogP contribution in [-0.4, -0.2) is 36.2 Å². The maximum atomic E-state index is 12.1. The molecule has 0 saturated carbocycles. The summed E-state index contributed by atoms with van der Waals surface area (Å²) in [6.07, 6.45) is 0.806. The molecule has 1 saturated heterocycles. The molecule has 0 spiro atoms. The fourth-order valence-corrected chi connectivity index (χ4v) is 3.53. The van der Waals surface area contributed by atoms with Crippen molar-refractivity contribution in [3.05, 3.63) is 0 Å². The molecule has 0 aliphatic carbocycles. The fourth-order valence-electron chi connectivity index (χ4n) is 1.29. The highest BCUT2D eigenvalue weighted by molar-refractivity contribution is 7.55. The van der Waals surface area contributed by atoms with Gasteiger partial charge in [-0.2, -0.15) is 0 Å². The van der Waals surface area contributed by atoms with E-state index in [1.54, 1.807) is 4.67 Å². The van der Waals surface area contributed by atoms with Crippen LogP contribution in [-0.2, 0) is 13.9 Å². The molecule has 1 heterocycles. The Morgan fingerprint density at radius 1 is 1.71 bits per heavy atom. The summed E-state index contributed by atoms with van der Waals surface area (Å²) in [5.74, 6) is 0.0160. The number of alkyl halides is 1. The SMILES string of the molecule is CC(=O)NP1(=O)OCCCN1CCCl. The Hall–Kier alpha value is -0.0900. The van der Waals surface area contributed by atoms with Crippen LogP contribution in [0.2, 0.25) is 0 Å². The molecule has 1 rings (SSSR count). The third-order valence-electron chi connectivity index (χ3n) is 1.84. The Balaban J connectivity index is 2.69. The standard InChI is InChI=1S/C7H14ClN2O3P/c1-7(11)9-14(12)10(5-3-8)4-2-6-13-14/h2-6H2,1H3,(H,9,11,12). The van der Waals surface area contributed by atoms with Crippen LogP contribution in [0.5, 0.6) is 0 Å². The molecule has 0 bridgehead atoms. The fraction of sp³-hybridized carbons (Fsp3) is 0.857. The largest absolute Gasteiger partial charge is 0.370 e. The van der Waals surface area contributed by atoms with Crippen LogP contribution in [0, 0.1) is 0 Å². The molecule has 7 heteroatoms. The van der Waals surface area contributed by atoms with Gasteiger partial charge in [0, 0.05) is 25.9 Å². The molecule has 1 atom stereocenters. The van der Waals surface area contributed by atoms with Crippen LogP contribution in [0.15, 0.2) is 0 Å². The number of amides is 1. The molecule has 82 valence electrons. The molecule has 1 fully saturated rings. The first-order chi connectivity index (χ1) is 6.58. The summed E-state index contributed by atoms with van der Waals surface area (Å²) in [6.45, 7) is 2.83. The minimum atomic E-state index is -3.15. The van der Waals surface area contributed by atoms with Gasteiger partial charge in [0.1, 0.15) is 0 Å². The van der Waals surface area contributed by atoms with Crippen LogP contribution >= 0.6 is 19.3 Å². The normalized spacial score (nSPS) is 28.7. The van der Waals surface area contributed by atoms with E-state index in [4.69, 9.17) is 16.1 Å². The number of carbonyl (C=O) groups is 1. The molecular formula is C7H14ClN2O3P. The third-order valence-corrected chi connectivity index (χ3v) is 4.28. The molecule has 5 nitrogen and oxygen atoms in total. The highest BCUT2D eigenvalue weighted by atomic mass is 35.5. The number of rotatable bonds is 3. The first-order valence-electron chi connectivity index (χ1n) is 4.43. The molecule has 1 aliphatic heterocycles. The van der Waals surface area contributed by atoms with Crippen molar-refractivity contribution >= 4 is 25.2 Å². The zero-order valence-corrected chi connectivity index (χ0v) is 9.68. The monoisotopic (exact) mass is 240 g/mol. The second-order valence-corrected chi connectivity index (χ2v) is 5.48. The average molecular weight is 241 g/mol. The number of carbonyl (C=O) groups excluding carboxylic acids is 1. The van der Waals surface area contributed by atoms with E-state index in [9.17, 15) is 9.36 Å². The lowest BCUT2D eigenvalue weighted by Gasteiger charge is -2.33. The lowest BCUT2D eigenvalue weighted by molar-refractivity contribution is -0.117. The predicted octanol–water partition coefficient (Wildman–Crippen LogP) is 1.19. The number of hydrogen-bond acceptors (Lipinski definition) is 3. The van der Waals surface area contributed by atoms with E-state index in [1.165, 1.54) is 6.92 Å². The van der Waals surface area contributed by atoms with Gasteiger partial charge in [-0.05, 0) is 6.42 Å². The molecule has 14 heavy (non-hydrogen) atoms. The van der Waals surface area contributed by atoms with Crippen LogP contribution in [0.3, 0.4) is 0 Å². The Labute approximate surface area is 88.3 Å². The number of nitrogens with one attached hydrogen (secondary N) is 1. The quantitative estimate of drug-likeness (QED) is 0.595. The highest BCUT2D eigenvalue weighted by Crippen LogP contribution is 2.48. The Morgan fingerprint density at radius 3 is 3.00 bits per heavy atom. The van der Waals surface area contributed by atoms with E-state index in [0.29, 0.717) is 25.6 Å². The zero-order valence-electron chi connectivity index (χ0n) is 8.03. The van der Waals surface area contributed by atoms with Gasteiger partial charge in [0.2, 0.25) is 5.91 Å². The van der Waals surface area contributed by atoms with Gasteiger partial charge in [0.05, 0.1) is 6.61 Å². The molecule has 0 aromatic rings. The Morgan fingerprint density at radius 2 is 2.43 bits per heavy atom. The Bertz CT molecular complexity index is 259. The van der Waals surface area contributed by atoms with Crippen LogP contribution < -0.4 is 5.09 Å². The van der Waals surface area contributed by atoms with Crippen molar-refractivity contribution in [3.8, 4) is 0 Å². The van der Waals surface area contributed by atoms with Gasteiger partial charge in [-0.3, -0.25) is 9.88 Å². The maximum Gasteiger partial charge on any atom is 0.370 e. The molecule has 1 unspecified atom stereocenters. The van der Waals surface area contributed by atoms with Crippen LogP contribution in [0.4, 0.5) is 0 Å². The molecule has 1 aliphatic rings. The van der Waals surface area contributed by atoms with Gasteiger partial charge in [0.15, 0.2) is 0 Å². The van der Waals surface area contributed by atoms with Crippen molar-refractivity contribution in [3.63, 3.8) is 0 Å². The van der Waals surface area contributed by atoms with E-state index in [2.05, 4.69) is 5.09 Å². The second kappa shape index (κ2) is 5.12. The van der Waals surface area contributed by atoms with Gasteiger partial charge in [-0.25, -0.2) is 9.24 Å². The van der Waals surface area contributed by atoms with Crippen molar-refractivity contribution in [1.29, 1.82) is 0 Å². The van der Waals surface area contributed by atoms with Crippen molar-refractivity contribution < 1.29 is 13.9 Å². The average Bonchev–Trinajstić information content (AvgIpc) is 2.08. The minimum absolute atomic E-state index is 0.352. The predicted molar refractivity (Wildman–Crippen MR) is 54.3 cm³/mol. The van der Waals surface area contributed by atoms with Gasteiger partial charge < -0.3 is 4.52 Å².